The van der Waals surface area contributed by atoms with Gasteiger partial charge in [-0.15, -0.1) is 0 Å². The number of rotatable bonds is 4. The molecular formula is C16H27N3. The van der Waals surface area contributed by atoms with Crippen LogP contribution in [-0.2, 0) is 0 Å². The lowest BCUT2D eigenvalue weighted by atomic mass is 10.0. The van der Waals surface area contributed by atoms with Gasteiger partial charge in [0.1, 0.15) is 0 Å². The molecule has 3 heteroatoms. The summed E-state index contributed by atoms with van der Waals surface area (Å²) in [4.78, 5) is 2.56. The van der Waals surface area contributed by atoms with Crippen molar-refractivity contribution in [1.29, 1.82) is 0 Å². The van der Waals surface area contributed by atoms with Crippen LogP contribution in [0.2, 0.25) is 0 Å². The largest absolute Gasteiger partial charge is 0.383 e. The highest BCUT2D eigenvalue weighted by Gasteiger charge is 2.16. The molecule has 0 aliphatic carbocycles. The van der Waals surface area contributed by atoms with Crippen molar-refractivity contribution in [1.82, 2.24) is 10.2 Å². The number of nitrogens with one attached hydrogen (secondary N) is 2. The summed E-state index contributed by atoms with van der Waals surface area (Å²) < 4.78 is 0. The maximum Gasteiger partial charge on any atom is 0.0400 e. The third-order valence-corrected chi connectivity index (χ3v) is 4.03. The lowest BCUT2D eigenvalue weighted by Crippen LogP contribution is -2.49. The summed E-state index contributed by atoms with van der Waals surface area (Å²) in [5.74, 6) is 0. The van der Waals surface area contributed by atoms with E-state index in [1.54, 1.807) is 0 Å². The van der Waals surface area contributed by atoms with E-state index in [2.05, 4.69) is 55.4 Å². The predicted octanol–water partition coefficient (Wildman–Crippen LogP) is 2.32. The first-order valence-electron chi connectivity index (χ1n) is 7.34. The average Bonchev–Trinajstić information content (AvgIpc) is 2.38. The van der Waals surface area contributed by atoms with Crippen molar-refractivity contribution in [3.63, 3.8) is 0 Å². The minimum atomic E-state index is 0.585. The van der Waals surface area contributed by atoms with Crippen molar-refractivity contribution in [3.05, 3.63) is 28.8 Å². The molecule has 19 heavy (non-hydrogen) atoms. The van der Waals surface area contributed by atoms with Gasteiger partial charge in [0.25, 0.3) is 0 Å². The van der Waals surface area contributed by atoms with Crippen molar-refractivity contribution in [2.45, 2.75) is 33.7 Å². The molecule has 2 N–H and O–H groups in total. The highest BCUT2D eigenvalue weighted by atomic mass is 15.2. The Morgan fingerprint density at radius 2 is 1.74 bits per heavy atom. The Labute approximate surface area is 117 Å². The number of aryl methyl sites for hydroxylation is 3. The SMILES string of the molecule is Cc1cc(C)c(NCC(C)N2CCNCC2)c(C)c1. The Kier molecular flexibility index (Phi) is 4.83. The van der Waals surface area contributed by atoms with Crippen LogP contribution in [0.4, 0.5) is 5.69 Å². The van der Waals surface area contributed by atoms with Crippen LogP contribution in [0, 0.1) is 20.8 Å². The van der Waals surface area contributed by atoms with Crippen LogP contribution < -0.4 is 10.6 Å². The molecule has 0 bridgehead atoms. The molecule has 1 atom stereocenters. The lowest BCUT2D eigenvalue weighted by molar-refractivity contribution is 0.191. The van der Waals surface area contributed by atoms with Gasteiger partial charge in [-0.05, 0) is 38.8 Å². The van der Waals surface area contributed by atoms with E-state index in [1.165, 1.54) is 22.4 Å². The Hall–Kier alpha value is -1.06. The normalized spacial score (nSPS) is 18.3. The lowest BCUT2D eigenvalue weighted by Gasteiger charge is -2.33. The van der Waals surface area contributed by atoms with Gasteiger partial charge >= 0.3 is 0 Å². The zero-order valence-electron chi connectivity index (χ0n) is 12.7. The van der Waals surface area contributed by atoms with E-state index in [0.29, 0.717) is 6.04 Å². The van der Waals surface area contributed by atoms with Crippen LogP contribution >= 0.6 is 0 Å². The third-order valence-electron chi connectivity index (χ3n) is 4.03. The summed E-state index contributed by atoms with van der Waals surface area (Å²) in [6, 6.07) is 5.09. The zero-order valence-corrected chi connectivity index (χ0v) is 12.7. The van der Waals surface area contributed by atoms with Crippen LogP contribution in [0.25, 0.3) is 0 Å². The fourth-order valence-corrected chi connectivity index (χ4v) is 2.96. The molecule has 0 saturated carbocycles. The third kappa shape index (κ3) is 3.71. The topological polar surface area (TPSA) is 27.3 Å². The standard InChI is InChI=1S/C16H27N3/c1-12-9-13(2)16(14(3)10-12)18-11-15(4)19-7-5-17-6-8-19/h9-10,15,17-18H,5-8,11H2,1-4H3. The van der Waals surface area contributed by atoms with E-state index in [-0.39, 0.29) is 0 Å². The summed E-state index contributed by atoms with van der Waals surface area (Å²) in [5, 5.41) is 7.05. The second kappa shape index (κ2) is 6.40. The van der Waals surface area contributed by atoms with Crippen molar-refractivity contribution >= 4 is 5.69 Å². The number of hydrogen-bond acceptors (Lipinski definition) is 3. The van der Waals surface area contributed by atoms with Gasteiger partial charge in [-0.2, -0.15) is 0 Å². The summed E-state index contributed by atoms with van der Waals surface area (Å²) in [7, 11) is 0. The molecule has 0 spiro atoms. The molecule has 1 aliphatic rings. The first kappa shape index (κ1) is 14.4. The molecule has 1 aromatic rings. The summed E-state index contributed by atoms with van der Waals surface area (Å²) >= 11 is 0. The summed E-state index contributed by atoms with van der Waals surface area (Å²) in [6.07, 6.45) is 0. The Bertz CT molecular complexity index is 399. The van der Waals surface area contributed by atoms with Crippen molar-refractivity contribution in [2.75, 3.05) is 38.0 Å². The molecule has 0 radical (unpaired) electrons. The maximum absolute atomic E-state index is 3.64. The smallest absolute Gasteiger partial charge is 0.0400 e. The number of piperazine rings is 1. The van der Waals surface area contributed by atoms with Crippen LogP contribution in [0.5, 0.6) is 0 Å². The van der Waals surface area contributed by atoms with Crippen LogP contribution in [0.1, 0.15) is 23.6 Å². The molecule has 2 rings (SSSR count). The second-order valence-electron chi connectivity index (χ2n) is 5.79. The highest BCUT2D eigenvalue weighted by molar-refractivity contribution is 5.58. The molecule has 106 valence electrons. The minimum absolute atomic E-state index is 0.585. The molecule has 1 unspecified atom stereocenters. The van der Waals surface area contributed by atoms with Gasteiger partial charge in [0.2, 0.25) is 0 Å². The van der Waals surface area contributed by atoms with Crippen LogP contribution in [-0.4, -0.2) is 43.7 Å². The number of anilines is 1. The predicted molar refractivity (Wildman–Crippen MR) is 83.0 cm³/mol. The van der Waals surface area contributed by atoms with Crippen LogP contribution in [0.15, 0.2) is 12.1 Å². The van der Waals surface area contributed by atoms with Gasteiger partial charge in [0, 0.05) is 44.5 Å². The molecule has 3 nitrogen and oxygen atoms in total. The van der Waals surface area contributed by atoms with Crippen molar-refractivity contribution in [3.8, 4) is 0 Å². The van der Waals surface area contributed by atoms with E-state index in [4.69, 9.17) is 0 Å². The Morgan fingerprint density at radius 1 is 1.16 bits per heavy atom. The molecular weight excluding hydrogens is 234 g/mol. The first-order chi connectivity index (χ1) is 9.08. The van der Waals surface area contributed by atoms with Crippen LogP contribution in [0.3, 0.4) is 0 Å². The molecule has 1 fully saturated rings. The fourth-order valence-electron chi connectivity index (χ4n) is 2.96. The first-order valence-corrected chi connectivity index (χ1v) is 7.34. The van der Waals surface area contributed by atoms with E-state index < -0.39 is 0 Å². The number of nitrogens with zero attached hydrogens (tertiary/aromatic N) is 1. The fraction of sp³-hybridized carbons (Fsp3) is 0.625. The summed E-state index contributed by atoms with van der Waals surface area (Å²) in [5.41, 5.74) is 5.36. The van der Waals surface area contributed by atoms with Crippen molar-refractivity contribution in [2.24, 2.45) is 0 Å². The van der Waals surface area contributed by atoms with E-state index in [9.17, 15) is 0 Å². The summed E-state index contributed by atoms with van der Waals surface area (Å²) in [6.45, 7) is 14.4. The van der Waals surface area contributed by atoms with Gasteiger partial charge in [0.15, 0.2) is 0 Å². The van der Waals surface area contributed by atoms with Gasteiger partial charge in [-0.25, -0.2) is 0 Å². The van der Waals surface area contributed by atoms with Gasteiger partial charge in [0.05, 0.1) is 0 Å². The van der Waals surface area contributed by atoms with Gasteiger partial charge in [-0.1, -0.05) is 17.7 Å². The minimum Gasteiger partial charge on any atom is -0.383 e. The maximum atomic E-state index is 3.64. The second-order valence-corrected chi connectivity index (χ2v) is 5.79. The molecule has 1 aromatic carbocycles. The van der Waals surface area contributed by atoms with Gasteiger partial charge < -0.3 is 10.6 Å². The molecule has 0 aromatic heterocycles. The highest BCUT2D eigenvalue weighted by Crippen LogP contribution is 2.22. The van der Waals surface area contributed by atoms with Gasteiger partial charge in [-0.3, -0.25) is 4.90 Å². The Morgan fingerprint density at radius 3 is 2.32 bits per heavy atom. The monoisotopic (exact) mass is 261 g/mol. The number of benzene rings is 1. The van der Waals surface area contributed by atoms with E-state index >= 15 is 0 Å². The van der Waals surface area contributed by atoms with E-state index in [0.717, 1.165) is 32.7 Å². The number of hydrogen-bond donors (Lipinski definition) is 2. The molecule has 1 heterocycles. The van der Waals surface area contributed by atoms with Crippen molar-refractivity contribution < 1.29 is 0 Å². The molecule has 1 saturated heterocycles. The zero-order chi connectivity index (χ0) is 13.8. The van der Waals surface area contributed by atoms with E-state index in [1.807, 2.05) is 0 Å². The molecule has 0 amide bonds. The Balaban J connectivity index is 1.94. The quantitative estimate of drug-likeness (QED) is 0.871. The average molecular weight is 261 g/mol. The molecule has 1 aliphatic heterocycles.